The number of nitrogens with zero attached hydrogens (tertiary/aromatic N) is 1. The maximum Gasteiger partial charge on any atom is 0.254 e. The van der Waals surface area contributed by atoms with Gasteiger partial charge in [-0.3, -0.25) is 4.79 Å². The van der Waals surface area contributed by atoms with Crippen LogP contribution in [-0.2, 0) is 0 Å². The summed E-state index contributed by atoms with van der Waals surface area (Å²) in [6.07, 6.45) is 1.06. The second-order valence-electron chi connectivity index (χ2n) is 4.37. The summed E-state index contributed by atoms with van der Waals surface area (Å²) in [7, 11) is 0. The third kappa shape index (κ3) is 3.09. The fourth-order valence-electron chi connectivity index (χ4n) is 2.02. The summed E-state index contributed by atoms with van der Waals surface area (Å²) in [5.74, 6) is 0.594. The van der Waals surface area contributed by atoms with Gasteiger partial charge >= 0.3 is 0 Å². The van der Waals surface area contributed by atoms with Crippen LogP contribution in [0, 0.1) is 0 Å². The highest BCUT2D eigenvalue weighted by Crippen LogP contribution is 2.23. The molecule has 1 unspecified atom stereocenters. The number of carbonyl (C=O) groups excluding carboxylic acids is 1. The first-order valence-electron chi connectivity index (χ1n) is 6.53. The van der Waals surface area contributed by atoms with Crippen LogP contribution in [0.5, 0.6) is 0 Å². The van der Waals surface area contributed by atoms with Gasteiger partial charge in [-0.1, -0.05) is 32.0 Å². The second kappa shape index (κ2) is 6.43. The second-order valence-corrected chi connectivity index (χ2v) is 4.37. The van der Waals surface area contributed by atoms with Gasteiger partial charge in [0.25, 0.3) is 5.91 Å². The Bertz CT molecular complexity index is 369. The average molecular weight is 233 g/mol. The number of carbonyl (C=O) groups is 1. The van der Waals surface area contributed by atoms with Gasteiger partial charge in [-0.15, -0.1) is 0 Å². The number of rotatable bonds is 5. The lowest BCUT2D eigenvalue weighted by Crippen LogP contribution is -2.31. The van der Waals surface area contributed by atoms with Gasteiger partial charge in [0.1, 0.15) is 0 Å². The smallest absolute Gasteiger partial charge is 0.254 e. The zero-order chi connectivity index (χ0) is 12.8. The van der Waals surface area contributed by atoms with E-state index in [1.54, 1.807) is 0 Å². The van der Waals surface area contributed by atoms with E-state index in [0.29, 0.717) is 5.92 Å². The molecule has 0 aromatic heterocycles. The van der Waals surface area contributed by atoms with Crippen LogP contribution in [0.2, 0.25) is 0 Å². The lowest BCUT2D eigenvalue weighted by Gasteiger charge is -2.22. The maximum atomic E-state index is 12.4. The van der Waals surface area contributed by atoms with E-state index in [1.165, 1.54) is 5.56 Å². The van der Waals surface area contributed by atoms with Gasteiger partial charge in [-0.25, -0.2) is 0 Å². The maximum absolute atomic E-state index is 12.4. The summed E-state index contributed by atoms with van der Waals surface area (Å²) >= 11 is 0. The standard InChI is InChI=1S/C15H23NO/c1-5-12(4)13-10-8-9-11-14(13)15(17)16(6-2)7-3/h8-12H,5-7H2,1-4H3. The SMILES string of the molecule is CCC(C)c1ccccc1C(=O)N(CC)CC. The third-order valence-electron chi connectivity index (χ3n) is 3.39. The Labute approximate surface area is 105 Å². The summed E-state index contributed by atoms with van der Waals surface area (Å²) < 4.78 is 0. The van der Waals surface area contributed by atoms with Crippen LogP contribution in [0.25, 0.3) is 0 Å². The topological polar surface area (TPSA) is 20.3 Å². The lowest BCUT2D eigenvalue weighted by atomic mass is 9.93. The van der Waals surface area contributed by atoms with Crippen molar-refractivity contribution in [2.24, 2.45) is 0 Å². The number of benzene rings is 1. The molecule has 0 fully saturated rings. The van der Waals surface area contributed by atoms with E-state index in [0.717, 1.165) is 25.1 Å². The van der Waals surface area contributed by atoms with Crippen LogP contribution < -0.4 is 0 Å². The van der Waals surface area contributed by atoms with Crippen molar-refractivity contribution < 1.29 is 4.79 Å². The van der Waals surface area contributed by atoms with E-state index < -0.39 is 0 Å². The Morgan fingerprint density at radius 3 is 2.29 bits per heavy atom. The Hall–Kier alpha value is -1.31. The summed E-state index contributed by atoms with van der Waals surface area (Å²) in [6.45, 7) is 9.91. The van der Waals surface area contributed by atoms with Crippen LogP contribution in [0.3, 0.4) is 0 Å². The van der Waals surface area contributed by atoms with E-state index in [2.05, 4.69) is 19.9 Å². The number of hydrogen-bond donors (Lipinski definition) is 0. The highest BCUT2D eigenvalue weighted by molar-refractivity contribution is 5.95. The molecule has 0 spiro atoms. The Kier molecular flexibility index (Phi) is 5.20. The number of hydrogen-bond acceptors (Lipinski definition) is 1. The summed E-state index contributed by atoms with van der Waals surface area (Å²) in [6, 6.07) is 7.98. The molecule has 1 rings (SSSR count). The van der Waals surface area contributed by atoms with Crippen LogP contribution in [0.4, 0.5) is 0 Å². The molecule has 17 heavy (non-hydrogen) atoms. The molecule has 2 nitrogen and oxygen atoms in total. The molecule has 0 aliphatic heterocycles. The van der Waals surface area contributed by atoms with E-state index in [-0.39, 0.29) is 5.91 Å². The van der Waals surface area contributed by atoms with E-state index >= 15 is 0 Å². The molecule has 2 heteroatoms. The highest BCUT2D eigenvalue weighted by Gasteiger charge is 2.18. The van der Waals surface area contributed by atoms with E-state index in [4.69, 9.17) is 0 Å². The molecular formula is C15H23NO. The molecule has 0 radical (unpaired) electrons. The quantitative estimate of drug-likeness (QED) is 0.759. The third-order valence-corrected chi connectivity index (χ3v) is 3.39. The summed E-state index contributed by atoms with van der Waals surface area (Å²) in [5, 5.41) is 0. The largest absolute Gasteiger partial charge is 0.339 e. The fraction of sp³-hybridized carbons (Fsp3) is 0.533. The minimum Gasteiger partial charge on any atom is -0.339 e. The van der Waals surface area contributed by atoms with Gasteiger partial charge < -0.3 is 4.90 Å². The molecule has 0 heterocycles. The van der Waals surface area contributed by atoms with Crippen molar-refractivity contribution in [2.75, 3.05) is 13.1 Å². The minimum atomic E-state index is 0.158. The van der Waals surface area contributed by atoms with Crippen molar-refractivity contribution in [1.82, 2.24) is 4.90 Å². The zero-order valence-corrected chi connectivity index (χ0v) is 11.4. The Morgan fingerprint density at radius 2 is 1.76 bits per heavy atom. The van der Waals surface area contributed by atoms with Gasteiger partial charge in [0.15, 0.2) is 0 Å². The molecule has 1 atom stereocenters. The molecule has 0 saturated carbocycles. The molecule has 0 saturated heterocycles. The molecule has 0 aliphatic carbocycles. The van der Waals surface area contributed by atoms with Crippen LogP contribution in [0.15, 0.2) is 24.3 Å². The van der Waals surface area contributed by atoms with Crippen LogP contribution in [-0.4, -0.2) is 23.9 Å². The van der Waals surface area contributed by atoms with E-state index in [1.807, 2.05) is 36.9 Å². The average Bonchev–Trinajstić information content (AvgIpc) is 2.39. The monoisotopic (exact) mass is 233 g/mol. The molecule has 0 N–H and O–H groups in total. The van der Waals surface area contributed by atoms with Gasteiger partial charge in [-0.05, 0) is 37.8 Å². The predicted octanol–water partition coefficient (Wildman–Crippen LogP) is 3.68. The van der Waals surface area contributed by atoms with Gasteiger partial charge in [-0.2, -0.15) is 0 Å². The molecule has 0 bridgehead atoms. The summed E-state index contributed by atoms with van der Waals surface area (Å²) in [5.41, 5.74) is 2.04. The van der Waals surface area contributed by atoms with Crippen LogP contribution >= 0.6 is 0 Å². The highest BCUT2D eigenvalue weighted by atomic mass is 16.2. The fourth-order valence-corrected chi connectivity index (χ4v) is 2.02. The molecule has 0 aliphatic rings. The van der Waals surface area contributed by atoms with Crippen LogP contribution in [0.1, 0.15) is 56.0 Å². The van der Waals surface area contributed by atoms with Gasteiger partial charge in [0.05, 0.1) is 0 Å². The molecule has 94 valence electrons. The van der Waals surface area contributed by atoms with Crippen molar-refractivity contribution in [2.45, 2.75) is 40.0 Å². The number of amides is 1. The van der Waals surface area contributed by atoms with Crippen molar-refractivity contribution in [1.29, 1.82) is 0 Å². The van der Waals surface area contributed by atoms with Gasteiger partial charge in [0, 0.05) is 18.7 Å². The first-order valence-corrected chi connectivity index (χ1v) is 6.53. The minimum absolute atomic E-state index is 0.158. The first-order chi connectivity index (χ1) is 8.15. The normalized spacial score (nSPS) is 12.2. The molecule has 1 amide bonds. The Balaban J connectivity index is 3.08. The van der Waals surface area contributed by atoms with Crippen molar-refractivity contribution in [3.63, 3.8) is 0 Å². The molecule has 1 aromatic carbocycles. The van der Waals surface area contributed by atoms with Crippen molar-refractivity contribution in [3.8, 4) is 0 Å². The van der Waals surface area contributed by atoms with Crippen molar-refractivity contribution in [3.05, 3.63) is 35.4 Å². The van der Waals surface area contributed by atoms with Gasteiger partial charge in [0.2, 0.25) is 0 Å². The lowest BCUT2D eigenvalue weighted by molar-refractivity contribution is 0.0771. The predicted molar refractivity (Wildman–Crippen MR) is 72.4 cm³/mol. The first kappa shape index (κ1) is 13.8. The summed E-state index contributed by atoms with van der Waals surface area (Å²) in [4.78, 5) is 14.3. The zero-order valence-electron chi connectivity index (χ0n) is 11.4. The Morgan fingerprint density at radius 1 is 1.18 bits per heavy atom. The van der Waals surface area contributed by atoms with Crippen molar-refractivity contribution >= 4 is 5.91 Å². The molecular weight excluding hydrogens is 210 g/mol. The van der Waals surface area contributed by atoms with E-state index in [9.17, 15) is 4.79 Å². The molecule has 1 aromatic rings.